The molecule has 1 rings (SSSR count). The normalized spacial score (nSPS) is 11.2. The Morgan fingerprint density at radius 3 is 2.50 bits per heavy atom. The van der Waals surface area contributed by atoms with Crippen LogP contribution in [0.15, 0.2) is 12.1 Å². The summed E-state index contributed by atoms with van der Waals surface area (Å²) >= 11 is 8.71. The summed E-state index contributed by atoms with van der Waals surface area (Å²) in [5, 5.41) is 0.156. The highest BCUT2D eigenvalue weighted by Gasteiger charge is 2.34. The second kappa shape index (κ2) is 5.79. The highest BCUT2D eigenvalue weighted by molar-refractivity contribution is 9.08. The third-order valence-electron chi connectivity index (χ3n) is 1.91. The number of hydrogen-bond donors (Lipinski definition) is 0. The van der Waals surface area contributed by atoms with Crippen LogP contribution in [0.4, 0.5) is 13.2 Å². The first-order valence-corrected chi connectivity index (χ1v) is 6.01. The lowest BCUT2D eigenvalue weighted by Gasteiger charge is -2.15. The van der Waals surface area contributed by atoms with Crippen molar-refractivity contribution in [3.8, 4) is 5.75 Å². The van der Waals surface area contributed by atoms with Gasteiger partial charge in [0.2, 0.25) is 0 Å². The summed E-state index contributed by atoms with van der Waals surface area (Å²) < 4.78 is 44.9. The number of benzene rings is 1. The lowest BCUT2D eigenvalue weighted by atomic mass is 10.1. The fraction of sp³-hybridized carbons (Fsp3) is 0.300. The largest absolute Gasteiger partial charge is 0.573 e. The van der Waals surface area contributed by atoms with Gasteiger partial charge in [-0.05, 0) is 11.6 Å². The van der Waals surface area contributed by atoms with Gasteiger partial charge in [-0.1, -0.05) is 27.5 Å². The van der Waals surface area contributed by atoms with Gasteiger partial charge in [-0.15, -0.1) is 13.2 Å². The molecule has 0 aliphatic rings. The number of carbonyl (C=O) groups is 1. The van der Waals surface area contributed by atoms with E-state index in [0.29, 0.717) is 0 Å². The average molecular weight is 348 g/mol. The summed E-state index contributed by atoms with van der Waals surface area (Å²) in [6.45, 7) is 0. The van der Waals surface area contributed by atoms with Gasteiger partial charge in [-0.2, -0.15) is 0 Å². The van der Waals surface area contributed by atoms with Crippen LogP contribution in [-0.2, 0) is 10.1 Å². The van der Waals surface area contributed by atoms with Crippen molar-refractivity contribution >= 4 is 33.5 Å². The van der Waals surface area contributed by atoms with Crippen LogP contribution in [0.5, 0.6) is 5.75 Å². The van der Waals surface area contributed by atoms with Crippen molar-refractivity contribution < 1.29 is 27.4 Å². The third-order valence-corrected chi connectivity index (χ3v) is 2.73. The van der Waals surface area contributed by atoms with E-state index in [0.717, 1.165) is 13.2 Å². The number of alkyl halides is 4. The van der Waals surface area contributed by atoms with Crippen molar-refractivity contribution in [3.63, 3.8) is 0 Å². The summed E-state index contributed by atoms with van der Waals surface area (Å²) in [6, 6.07) is 2.26. The van der Waals surface area contributed by atoms with Gasteiger partial charge in [0.25, 0.3) is 0 Å². The van der Waals surface area contributed by atoms with Gasteiger partial charge in [0, 0.05) is 16.4 Å². The van der Waals surface area contributed by atoms with E-state index in [2.05, 4.69) is 25.4 Å². The maximum Gasteiger partial charge on any atom is 0.573 e. The van der Waals surface area contributed by atoms with Crippen molar-refractivity contribution in [2.75, 3.05) is 7.11 Å². The molecule has 0 heterocycles. The molecule has 0 aromatic heterocycles. The fourth-order valence-electron chi connectivity index (χ4n) is 1.28. The van der Waals surface area contributed by atoms with Crippen LogP contribution in [0.25, 0.3) is 0 Å². The number of methoxy groups -OCH3 is 1. The molecule has 0 aliphatic carbocycles. The quantitative estimate of drug-likeness (QED) is 0.614. The Bertz CT molecular complexity index is 462. The molecule has 0 saturated carbocycles. The summed E-state index contributed by atoms with van der Waals surface area (Å²) in [5.41, 5.74) is -0.0651. The van der Waals surface area contributed by atoms with Gasteiger partial charge >= 0.3 is 12.3 Å². The molecule has 0 fully saturated rings. The minimum atomic E-state index is -4.92. The van der Waals surface area contributed by atoms with Crippen molar-refractivity contribution in [1.29, 1.82) is 0 Å². The van der Waals surface area contributed by atoms with Gasteiger partial charge in [0.15, 0.2) is 0 Å². The van der Waals surface area contributed by atoms with E-state index in [1.807, 2.05) is 0 Å². The maximum absolute atomic E-state index is 12.2. The molecule has 0 aliphatic heterocycles. The standard InChI is InChI=1S/C10H7BrClF3O3/c1-17-9(16)8-5(4-11)2-6(12)3-7(8)18-10(13,14)15/h2-3H,4H2,1H3. The molecular weight excluding hydrogens is 340 g/mol. The molecule has 100 valence electrons. The van der Waals surface area contributed by atoms with Crippen LogP contribution in [0, 0.1) is 0 Å². The van der Waals surface area contributed by atoms with Gasteiger partial charge in [0.1, 0.15) is 11.3 Å². The van der Waals surface area contributed by atoms with Crippen molar-refractivity contribution in [2.24, 2.45) is 0 Å². The SMILES string of the molecule is COC(=O)c1c(CBr)cc(Cl)cc1OC(F)(F)F. The third kappa shape index (κ3) is 3.78. The van der Waals surface area contributed by atoms with E-state index in [4.69, 9.17) is 11.6 Å². The van der Waals surface area contributed by atoms with Gasteiger partial charge in [-0.25, -0.2) is 4.79 Å². The number of ether oxygens (including phenoxy) is 2. The van der Waals surface area contributed by atoms with Crippen molar-refractivity contribution in [2.45, 2.75) is 11.7 Å². The van der Waals surface area contributed by atoms with Crippen molar-refractivity contribution in [1.82, 2.24) is 0 Å². The summed E-state index contributed by atoms with van der Waals surface area (Å²) in [7, 11) is 1.06. The first kappa shape index (κ1) is 15.1. The zero-order valence-corrected chi connectivity index (χ0v) is 11.3. The van der Waals surface area contributed by atoms with Crippen LogP contribution in [0.3, 0.4) is 0 Å². The Labute approximate surface area is 114 Å². The highest BCUT2D eigenvalue weighted by Crippen LogP contribution is 2.33. The molecule has 0 amide bonds. The number of halogens is 5. The number of hydrogen-bond acceptors (Lipinski definition) is 3. The lowest BCUT2D eigenvalue weighted by molar-refractivity contribution is -0.274. The molecule has 3 nitrogen and oxygen atoms in total. The summed E-state index contributed by atoms with van der Waals surface area (Å²) in [5.74, 6) is -1.61. The Balaban J connectivity index is 3.37. The zero-order chi connectivity index (χ0) is 13.9. The molecule has 1 aromatic carbocycles. The topological polar surface area (TPSA) is 35.5 Å². The number of rotatable bonds is 3. The molecule has 0 spiro atoms. The van der Waals surface area contributed by atoms with Gasteiger partial charge in [0.05, 0.1) is 7.11 Å². The second-order valence-corrected chi connectivity index (χ2v) is 4.11. The minimum absolute atomic E-state index is 0.0244. The Morgan fingerprint density at radius 2 is 2.06 bits per heavy atom. The predicted molar refractivity (Wildman–Crippen MR) is 62.1 cm³/mol. The molecule has 8 heteroatoms. The molecular formula is C10H7BrClF3O3. The molecule has 1 aromatic rings. The fourth-order valence-corrected chi connectivity index (χ4v) is 1.95. The Morgan fingerprint density at radius 1 is 1.44 bits per heavy atom. The Hall–Kier alpha value is -0.950. The monoisotopic (exact) mass is 346 g/mol. The van der Waals surface area contributed by atoms with E-state index in [1.54, 1.807) is 0 Å². The van der Waals surface area contributed by atoms with E-state index >= 15 is 0 Å². The van der Waals surface area contributed by atoms with Crippen LogP contribution in [0.2, 0.25) is 5.02 Å². The molecule has 0 N–H and O–H groups in total. The Kier molecular flexibility index (Phi) is 4.86. The van der Waals surface area contributed by atoms with Gasteiger partial charge < -0.3 is 9.47 Å². The van der Waals surface area contributed by atoms with E-state index in [1.165, 1.54) is 6.07 Å². The second-order valence-electron chi connectivity index (χ2n) is 3.11. The van der Waals surface area contributed by atoms with Gasteiger partial charge in [-0.3, -0.25) is 0 Å². The predicted octanol–water partition coefficient (Wildman–Crippen LogP) is 3.92. The van der Waals surface area contributed by atoms with E-state index in [9.17, 15) is 18.0 Å². The minimum Gasteiger partial charge on any atom is -0.465 e. The number of carbonyl (C=O) groups excluding carboxylic acids is 1. The smallest absolute Gasteiger partial charge is 0.465 e. The van der Waals surface area contributed by atoms with E-state index in [-0.39, 0.29) is 21.5 Å². The van der Waals surface area contributed by atoms with Crippen LogP contribution < -0.4 is 4.74 Å². The highest BCUT2D eigenvalue weighted by atomic mass is 79.9. The number of esters is 1. The summed E-state index contributed by atoms with van der Waals surface area (Å²) in [4.78, 5) is 11.5. The first-order valence-electron chi connectivity index (χ1n) is 4.51. The molecule has 0 unspecified atom stereocenters. The summed E-state index contributed by atoms with van der Waals surface area (Å²) in [6.07, 6.45) is -4.92. The molecule has 0 radical (unpaired) electrons. The molecule has 18 heavy (non-hydrogen) atoms. The lowest BCUT2D eigenvalue weighted by Crippen LogP contribution is -2.20. The molecule has 0 bridgehead atoms. The average Bonchev–Trinajstić information content (AvgIpc) is 2.25. The van der Waals surface area contributed by atoms with Crippen LogP contribution >= 0.6 is 27.5 Å². The maximum atomic E-state index is 12.2. The molecule has 0 atom stereocenters. The van der Waals surface area contributed by atoms with Crippen molar-refractivity contribution in [3.05, 3.63) is 28.3 Å². The molecule has 0 saturated heterocycles. The van der Waals surface area contributed by atoms with Crippen LogP contribution in [-0.4, -0.2) is 19.4 Å². The van der Waals surface area contributed by atoms with E-state index < -0.39 is 18.1 Å². The van der Waals surface area contributed by atoms with Crippen LogP contribution in [0.1, 0.15) is 15.9 Å². The first-order chi connectivity index (χ1) is 8.28. The zero-order valence-electron chi connectivity index (χ0n) is 8.98.